The van der Waals surface area contributed by atoms with Crippen LogP contribution in [0, 0.1) is 12.1 Å². The van der Waals surface area contributed by atoms with E-state index in [-0.39, 0.29) is 4.21 Å². The summed E-state index contributed by atoms with van der Waals surface area (Å²) in [7, 11) is -2.34. The fourth-order valence-corrected chi connectivity index (χ4v) is 3.60. The van der Waals surface area contributed by atoms with E-state index in [1.807, 2.05) is 6.92 Å². The number of halogens is 1. The largest absolute Gasteiger partial charge is 0.495 e. The summed E-state index contributed by atoms with van der Waals surface area (Å²) in [4.78, 5) is 0. The molecule has 2 aromatic rings. The Hall–Kier alpha value is -1.60. The fourth-order valence-electron chi connectivity index (χ4n) is 1.54. The molecule has 0 unspecified atom stereocenters. The lowest BCUT2D eigenvalue weighted by Gasteiger charge is -2.11. The summed E-state index contributed by atoms with van der Waals surface area (Å²) in [6, 6.07) is 7.47. The highest BCUT2D eigenvalue weighted by Crippen LogP contribution is 2.29. The molecule has 0 aliphatic carbocycles. The van der Waals surface area contributed by atoms with Crippen LogP contribution in [0.3, 0.4) is 0 Å². The molecule has 1 N–H and O–H groups in total. The van der Waals surface area contributed by atoms with Gasteiger partial charge in [-0.25, -0.2) is 8.42 Å². The molecule has 0 bridgehead atoms. The van der Waals surface area contributed by atoms with Crippen molar-refractivity contribution in [1.82, 2.24) is 0 Å². The molecule has 0 aliphatic rings. The van der Waals surface area contributed by atoms with Crippen LogP contribution < -0.4 is 9.46 Å². The van der Waals surface area contributed by atoms with Crippen LogP contribution in [-0.4, -0.2) is 15.5 Å². The number of hydrogen-bond donors (Lipinski definition) is 1. The van der Waals surface area contributed by atoms with Crippen LogP contribution in [0.15, 0.2) is 34.5 Å². The molecule has 2 rings (SSSR count). The molecule has 4 nitrogen and oxygen atoms in total. The smallest absolute Gasteiger partial charge is 0.271 e. The molecule has 0 saturated carbocycles. The van der Waals surface area contributed by atoms with Crippen LogP contribution in [0.25, 0.3) is 0 Å². The van der Waals surface area contributed by atoms with E-state index in [1.54, 1.807) is 18.2 Å². The summed E-state index contributed by atoms with van der Waals surface area (Å²) in [5, 5.41) is -0.545. The van der Waals surface area contributed by atoms with E-state index in [0.29, 0.717) is 22.8 Å². The second kappa shape index (κ2) is 5.18. The molecule has 102 valence electrons. The first-order valence-electron chi connectivity index (χ1n) is 5.35. The van der Waals surface area contributed by atoms with Crippen LogP contribution in [0.1, 0.15) is 5.56 Å². The first-order valence-corrected chi connectivity index (χ1v) is 7.65. The van der Waals surface area contributed by atoms with Gasteiger partial charge in [0.05, 0.1) is 12.8 Å². The SMILES string of the molecule is COc1ccc(C)cc1NS(=O)(=O)c1ccc(F)s1. The Kier molecular flexibility index (Phi) is 3.77. The lowest BCUT2D eigenvalue weighted by molar-refractivity contribution is 0.417. The van der Waals surface area contributed by atoms with Gasteiger partial charge in [0, 0.05) is 0 Å². The van der Waals surface area contributed by atoms with Crippen LogP contribution >= 0.6 is 11.3 Å². The third-order valence-electron chi connectivity index (χ3n) is 2.41. The summed E-state index contributed by atoms with van der Waals surface area (Å²) in [6.07, 6.45) is 0. The molecule has 0 atom stereocenters. The summed E-state index contributed by atoms with van der Waals surface area (Å²) >= 11 is 0.574. The maximum atomic E-state index is 12.9. The molecule has 0 fully saturated rings. The van der Waals surface area contributed by atoms with Gasteiger partial charge in [-0.2, -0.15) is 4.39 Å². The Balaban J connectivity index is 2.38. The van der Waals surface area contributed by atoms with Crippen molar-refractivity contribution in [1.29, 1.82) is 0 Å². The van der Waals surface area contributed by atoms with Crippen LogP contribution in [0.4, 0.5) is 10.1 Å². The van der Waals surface area contributed by atoms with Crippen LogP contribution in [0.5, 0.6) is 5.75 Å². The van der Waals surface area contributed by atoms with Crippen molar-refractivity contribution >= 4 is 27.0 Å². The third kappa shape index (κ3) is 3.05. The number of hydrogen-bond acceptors (Lipinski definition) is 4. The van der Waals surface area contributed by atoms with Crippen molar-refractivity contribution < 1.29 is 17.5 Å². The second-order valence-electron chi connectivity index (χ2n) is 3.87. The van der Waals surface area contributed by atoms with Crippen molar-refractivity contribution in [2.75, 3.05) is 11.8 Å². The maximum absolute atomic E-state index is 12.9. The molecule has 7 heteroatoms. The first-order chi connectivity index (χ1) is 8.92. The average molecular weight is 301 g/mol. The van der Waals surface area contributed by atoms with Gasteiger partial charge in [-0.15, -0.1) is 0 Å². The molecule has 0 aliphatic heterocycles. The molecular formula is C12H12FNO3S2. The van der Waals surface area contributed by atoms with E-state index in [9.17, 15) is 12.8 Å². The van der Waals surface area contributed by atoms with Gasteiger partial charge in [-0.05, 0) is 36.8 Å². The van der Waals surface area contributed by atoms with Crippen LogP contribution in [0.2, 0.25) is 0 Å². The Morgan fingerprint density at radius 3 is 2.58 bits per heavy atom. The van der Waals surface area contributed by atoms with E-state index >= 15 is 0 Å². The van der Waals surface area contributed by atoms with Gasteiger partial charge in [-0.3, -0.25) is 4.72 Å². The minimum absolute atomic E-state index is 0.0754. The van der Waals surface area contributed by atoms with Gasteiger partial charge in [0.15, 0.2) is 5.13 Å². The molecule has 0 saturated heterocycles. The van der Waals surface area contributed by atoms with Gasteiger partial charge in [-0.1, -0.05) is 17.4 Å². The number of nitrogens with one attached hydrogen (secondary N) is 1. The van der Waals surface area contributed by atoms with Crippen molar-refractivity contribution in [2.45, 2.75) is 11.1 Å². The highest BCUT2D eigenvalue weighted by molar-refractivity contribution is 7.94. The zero-order valence-electron chi connectivity index (χ0n) is 10.3. The number of sulfonamides is 1. The summed E-state index contributed by atoms with van der Waals surface area (Å²) in [6.45, 7) is 1.84. The Morgan fingerprint density at radius 1 is 1.26 bits per heavy atom. The number of aryl methyl sites for hydroxylation is 1. The average Bonchev–Trinajstić information content (AvgIpc) is 2.76. The van der Waals surface area contributed by atoms with Gasteiger partial charge in [0.1, 0.15) is 9.96 Å². The van der Waals surface area contributed by atoms with E-state index in [4.69, 9.17) is 4.74 Å². The lowest BCUT2D eigenvalue weighted by Crippen LogP contribution is -2.12. The minimum Gasteiger partial charge on any atom is -0.495 e. The highest BCUT2D eigenvalue weighted by atomic mass is 32.2. The summed E-state index contributed by atoms with van der Waals surface area (Å²) in [5.41, 5.74) is 1.21. The standard InChI is InChI=1S/C12H12FNO3S2/c1-8-3-4-10(17-2)9(7-8)14-19(15,16)12-6-5-11(13)18-12/h3-7,14H,1-2H3. The fraction of sp³-hybridized carbons (Fsp3) is 0.167. The zero-order valence-corrected chi connectivity index (χ0v) is 11.9. The quantitative estimate of drug-likeness (QED) is 0.944. The van der Waals surface area contributed by atoms with Crippen molar-refractivity contribution in [2.24, 2.45) is 0 Å². The second-order valence-corrected chi connectivity index (χ2v) is 6.81. The number of thiophene rings is 1. The number of methoxy groups -OCH3 is 1. The van der Waals surface area contributed by atoms with Crippen LogP contribution in [-0.2, 0) is 10.0 Å². The molecule has 0 amide bonds. The van der Waals surface area contributed by atoms with Crippen molar-refractivity contribution in [3.8, 4) is 5.75 Å². The number of benzene rings is 1. The molecule has 0 spiro atoms. The number of rotatable bonds is 4. The van der Waals surface area contributed by atoms with Gasteiger partial charge in [0.25, 0.3) is 10.0 Å². The third-order valence-corrected chi connectivity index (χ3v) is 5.14. The van der Waals surface area contributed by atoms with E-state index in [1.165, 1.54) is 13.2 Å². The normalized spacial score (nSPS) is 11.3. The Bertz CT molecular complexity index is 695. The molecule has 1 aromatic carbocycles. The summed E-state index contributed by atoms with van der Waals surface area (Å²) < 4.78 is 44.5. The predicted octanol–water partition coefficient (Wildman–Crippen LogP) is 3.01. The topological polar surface area (TPSA) is 55.4 Å². The van der Waals surface area contributed by atoms with Crippen molar-refractivity contribution in [3.63, 3.8) is 0 Å². The highest BCUT2D eigenvalue weighted by Gasteiger charge is 2.19. The molecule has 1 heterocycles. The Labute approximate surface area is 114 Å². The monoisotopic (exact) mass is 301 g/mol. The minimum atomic E-state index is -3.79. The first kappa shape index (κ1) is 13.8. The summed E-state index contributed by atoms with van der Waals surface area (Å²) in [5.74, 6) is 0.409. The van der Waals surface area contributed by atoms with Gasteiger partial charge >= 0.3 is 0 Å². The van der Waals surface area contributed by atoms with Gasteiger partial charge < -0.3 is 4.74 Å². The van der Waals surface area contributed by atoms with Gasteiger partial charge in [0.2, 0.25) is 0 Å². The number of ether oxygens (including phenoxy) is 1. The zero-order chi connectivity index (χ0) is 14.0. The van der Waals surface area contributed by atoms with E-state index in [2.05, 4.69) is 4.72 Å². The van der Waals surface area contributed by atoms with Crippen molar-refractivity contribution in [3.05, 3.63) is 41.0 Å². The van der Waals surface area contributed by atoms with E-state index < -0.39 is 15.2 Å². The molecule has 0 radical (unpaired) electrons. The predicted molar refractivity (Wildman–Crippen MR) is 72.8 cm³/mol. The number of anilines is 1. The lowest BCUT2D eigenvalue weighted by atomic mass is 10.2. The van der Waals surface area contributed by atoms with E-state index in [0.717, 1.165) is 11.6 Å². The molecule has 1 aromatic heterocycles. The molecular weight excluding hydrogens is 289 g/mol. The Morgan fingerprint density at radius 2 is 2.00 bits per heavy atom. The maximum Gasteiger partial charge on any atom is 0.271 e. The molecule has 19 heavy (non-hydrogen) atoms.